The van der Waals surface area contributed by atoms with Gasteiger partial charge in [0.25, 0.3) is 9.05 Å². The number of halogens is 1. The highest BCUT2D eigenvalue weighted by Gasteiger charge is 2.15. The molecule has 0 radical (unpaired) electrons. The average molecular weight is 342 g/mol. The van der Waals surface area contributed by atoms with E-state index in [-0.39, 0.29) is 9.79 Å². The lowest BCUT2D eigenvalue weighted by Gasteiger charge is -2.07. The Bertz CT molecular complexity index is 625. The maximum atomic E-state index is 11.9. The molecule has 0 aliphatic heterocycles. The van der Waals surface area contributed by atoms with Gasteiger partial charge in [0.05, 0.1) is 9.79 Å². The van der Waals surface area contributed by atoms with Gasteiger partial charge in [-0.05, 0) is 37.1 Å². The van der Waals surface area contributed by atoms with Gasteiger partial charge in [-0.1, -0.05) is 0 Å². The standard InChI is InChI=1S/C11H16ClNO5S2/c1-18-9-3-2-8-13-20(16,17)11-6-4-10(5-7-11)19(12,14)15/h4-7,13H,2-3,8-9H2,1H3. The van der Waals surface area contributed by atoms with Gasteiger partial charge in [0, 0.05) is 30.9 Å². The molecule has 114 valence electrons. The number of unbranched alkanes of at least 4 members (excludes halogenated alkanes) is 1. The lowest BCUT2D eigenvalue weighted by molar-refractivity contribution is 0.193. The van der Waals surface area contributed by atoms with Crippen LogP contribution in [0.3, 0.4) is 0 Å². The molecule has 0 amide bonds. The van der Waals surface area contributed by atoms with Crippen LogP contribution in [-0.4, -0.2) is 37.1 Å². The summed E-state index contributed by atoms with van der Waals surface area (Å²) in [6, 6.07) is 4.71. The van der Waals surface area contributed by atoms with Crippen molar-refractivity contribution < 1.29 is 21.6 Å². The zero-order valence-corrected chi connectivity index (χ0v) is 13.3. The van der Waals surface area contributed by atoms with Gasteiger partial charge >= 0.3 is 0 Å². The van der Waals surface area contributed by atoms with E-state index in [0.717, 1.165) is 18.6 Å². The average Bonchev–Trinajstić information content (AvgIpc) is 2.37. The first kappa shape index (κ1) is 17.4. The molecule has 9 heteroatoms. The first-order valence-electron chi connectivity index (χ1n) is 5.81. The molecule has 20 heavy (non-hydrogen) atoms. The quantitative estimate of drug-likeness (QED) is 0.569. The smallest absolute Gasteiger partial charge is 0.261 e. The summed E-state index contributed by atoms with van der Waals surface area (Å²) in [6.45, 7) is 0.866. The molecule has 6 nitrogen and oxygen atoms in total. The summed E-state index contributed by atoms with van der Waals surface area (Å²) >= 11 is 0. The minimum atomic E-state index is -3.85. The molecule has 0 spiro atoms. The molecule has 0 saturated carbocycles. The summed E-state index contributed by atoms with van der Waals surface area (Å²) in [5, 5.41) is 0. The number of benzene rings is 1. The van der Waals surface area contributed by atoms with E-state index in [9.17, 15) is 16.8 Å². The van der Waals surface area contributed by atoms with Crippen molar-refractivity contribution in [3.63, 3.8) is 0 Å². The fraction of sp³-hybridized carbons (Fsp3) is 0.455. The predicted molar refractivity (Wildman–Crippen MR) is 75.8 cm³/mol. The van der Waals surface area contributed by atoms with E-state index >= 15 is 0 Å². The van der Waals surface area contributed by atoms with Crippen LogP contribution >= 0.6 is 10.7 Å². The van der Waals surface area contributed by atoms with Crippen LogP contribution in [0.1, 0.15) is 12.8 Å². The third kappa shape index (κ3) is 5.37. The molecule has 0 heterocycles. The third-order valence-corrected chi connectivity index (χ3v) is 5.33. The molecule has 0 unspecified atom stereocenters. The van der Waals surface area contributed by atoms with Crippen LogP contribution in [0.4, 0.5) is 0 Å². The van der Waals surface area contributed by atoms with Crippen LogP contribution in [0.2, 0.25) is 0 Å². The van der Waals surface area contributed by atoms with Crippen molar-refractivity contribution in [1.82, 2.24) is 4.72 Å². The molecule has 1 N–H and O–H groups in total. The zero-order valence-electron chi connectivity index (χ0n) is 10.9. The molecular weight excluding hydrogens is 326 g/mol. The van der Waals surface area contributed by atoms with Crippen molar-refractivity contribution >= 4 is 29.8 Å². The molecule has 1 aromatic rings. The Labute approximate surface area is 123 Å². The van der Waals surface area contributed by atoms with Gasteiger partial charge in [-0.2, -0.15) is 0 Å². The Balaban J connectivity index is 2.69. The van der Waals surface area contributed by atoms with E-state index in [4.69, 9.17) is 15.4 Å². The monoisotopic (exact) mass is 341 g/mol. The molecule has 1 aromatic carbocycles. The predicted octanol–water partition coefficient (Wildman–Crippen LogP) is 1.32. The lowest BCUT2D eigenvalue weighted by atomic mass is 10.3. The Morgan fingerprint density at radius 3 is 2.10 bits per heavy atom. The first-order chi connectivity index (χ1) is 9.27. The van der Waals surface area contributed by atoms with Crippen LogP contribution in [-0.2, 0) is 23.8 Å². The molecule has 0 bridgehead atoms. The molecule has 0 saturated heterocycles. The Hall–Kier alpha value is -0.670. The highest BCUT2D eigenvalue weighted by Crippen LogP contribution is 2.17. The molecule has 0 aliphatic rings. The van der Waals surface area contributed by atoms with E-state index in [2.05, 4.69) is 4.72 Å². The van der Waals surface area contributed by atoms with E-state index in [1.807, 2.05) is 0 Å². The third-order valence-electron chi connectivity index (χ3n) is 2.48. The second-order valence-electron chi connectivity index (χ2n) is 4.01. The number of methoxy groups -OCH3 is 1. The Morgan fingerprint density at radius 1 is 1.05 bits per heavy atom. The fourth-order valence-corrected chi connectivity index (χ4v) is 3.29. The topological polar surface area (TPSA) is 89.5 Å². The van der Waals surface area contributed by atoms with Gasteiger partial charge < -0.3 is 4.74 Å². The van der Waals surface area contributed by atoms with Crippen LogP contribution in [0, 0.1) is 0 Å². The molecule has 0 fully saturated rings. The van der Waals surface area contributed by atoms with Crippen molar-refractivity contribution in [3.8, 4) is 0 Å². The van der Waals surface area contributed by atoms with E-state index in [0.29, 0.717) is 19.6 Å². The summed E-state index contributed by atoms with van der Waals surface area (Å²) in [5.74, 6) is 0. The van der Waals surface area contributed by atoms with Crippen LogP contribution in [0.15, 0.2) is 34.1 Å². The minimum Gasteiger partial charge on any atom is -0.385 e. The number of rotatable bonds is 8. The highest BCUT2D eigenvalue weighted by atomic mass is 35.7. The van der Waals surface area contributed by atoms with Crippen LogP contribution in [0.25, 0.3) is 0 Å². The van der Waals surface area contributed by atoms with E-state index in [1.54, 1.807) is 7.11 Å². The summed E-state index contributed by atoms with van der Waals surface area (Å²) in [6.07, 6.45) is 1.41. The molecular formula is C11H16ClNO5S2. The van der Waals surface area contributed by atoms with Gasteiger partial charge in [0.2, 0.25) is 10.0 Å². The van der Waals surface area contributed by atoms with Crippen LogP contribution < -0.4 is 4.72 Å². The number of sulfonamides is 1. The molecule has 0 atom stereocenters. The van der Waals surface area contributed by atoms with Gasteiger partial charge in [-0.15, -0.1) is 0 Å². The van der Waals surface area contributed by atoms with Crippen LogP contribution in [0.5, 0.6) is 0 Å². The minimum absolute atomic E-state index is 0.00620. The molecule has 0 aromatic heterocycles. The van der Waals surface area contributed by atoms with Gasteiger partial charge in [0.1, 0.15) is 0 Å². The maximum absolute atomic E-state index is 11.9. The second kappa shape index (κ2) is 7.37. The van der Waals surface area contributed by atoms with Crippen molar-refractivity contribution in [2.24, 2.45) is 0 Å². The van der Waals surface area contributed by atoms with Gasteiger partial charge in [-0.25, -0.2) is 21.6 Å². The van der Waals surface area contributed by atoms with E-state index < -0.39 is 19.1 Å². The Morgan fingerprint density at radius 2 is 1.60 bits per heavy atom. The fourth-order valence-electron chi connectivity index (χ4n) is 1.44. The Kier molecular flexibility index (Phi) is 6.41. The SMILES string of the molecule is COCCCCNS(=O)(=O)c1ccc(S(=O)(=O)Cl)cc1. The largest absolute Gasteiger partial charge is 0.385 e. The normalized spacial score (nSPS) is 12.5. The second-order valence-corrected chi connectivity index (χ2v) is 8.34. The summed E-state index contributed by atoms with van der Waals surface area (Å²) in [7, 11) is -0.755. The van der Waals surface area contributed by atoms with Crippen molar-refractivity contribution in [1.29, 1.82) is 0 Å². The highest BCUT2D eigenvalue weighted by molar-refractivity contribution is 8.13. The zero-order chi connectivity index (χ0) is 15.2. The summed E-state index contributed by atoms with van der Waals surface area (Å²) < 4.78 is 53.2. The van der Waals surface area contributed by atoms with Crippen molar-refractivity contribution in [2.75, 3.05) is 20.3 Å². The summed E-state index contributed by atoms with van der Waals surface area (Å²) in [5.41, 5.74) is 0. The number of nitrogens with one attached hydrogen (secondary N) is 1. The number of ether oxygens (including phenoxy) is 1. The number of hydrogen-bond acceptors (Lipinski definition) is 5. The lowest BCUT2D eigenvalue weighted by Crippen LogP contribution is -2.25. The van der Waals surface area contributed by atoms with E-state index in [1.165, 1.54) is 12.1 Å². The summed E-state index contributed by atoms with van der Waals surface area (Å²) in [4.78, 5) is -0.147. The van der Waals surface area contributed by atoms with Crippen molar-refractivity contribution in [3.05, 3.63) is 24.3 Å². The number of hydrogen-bond donors (Lipinski definition) is 1. The van der Waals surface area contributed by atoms with Crippen molar-refractivity contribution in [2.45, 2.75) is 22.6 Å². The van der Waals surface area contributed by atoms with Gasteiger partial charge in [0.15, 0.2) is 0 Å². The molecule has 0 aliphatic carbocycles. The molecule has 1 rings (SSSR count). The van der Waals surface area contributed by atoms with Gasteiger partial charge in [-0.3, -0.25) is 0 Å². The first-order valence-corrected chi connectivity index (χ1v) is 9.60. The maximum Gasteiger partial charge on any atom is 0.261 e.